The van der Waals surface area contributed by atoms with E-state index in [9.17, 15) is 4.79 Å². The zero-order valence-electron chi connectivity index (χ0n) is 6.73. The summed E-state index contributed by atoms with van der Waals surface area (Å²) in [4.78, 5) is 10.6. The molecule has 1 rings (SSSR count). The second-order valence-corrected chi connectivity index (χ2v) is 2.28. The molecule has 1 aliphatic heterocycles. The van der Waals surface area contributed by atoms with Crippen LogP contribution in [-0.4, -0.2) is 32.2 Å². The minimum absolute atomic E-state index is 0.398. The topological polar surface area (TPSA) is 70.8 Å². The normalized spacial score (nSPS) is 28.2. The highest BCUT2D eigenvalue weighted by Gasteiger charge is 2.23. The Balaban J connectivity index is 2.41. The van der Waals surface area contributed by atoms with Gasteiger partial charge in [0, 0.05) is 0 Å². The lowest BCUT2D eigenvalue weighted by Gasteiger charge is -2.23. The summed E-state index contributed by atoms with van der Waals surface area (Å²) >= 11 is 0. The van der Waals surface area contributed by atoms with E-state index in [2.05, 4.69) is 4.74 Å². The van der Waals surface area contributed by atoms with Crippen LogP contribution in [0.25, 0.3) is 0 Å². The standard InChI is InChI=1S/C7H11NO4/c1-10-7(9)12-6-5(8)3-2-4-11-6/h2-3,5-6H,4,8H2,1H3/t5-,6+/m0/s1. The van der Waals surface area contributed by atoms with Crippen molar-refractivity contribution in [2.75, 3.05) is 13.7 Å². The highest BCUT2D eigenvalue weighted by Crippen LogP contribution is 2.07. The lowest BCUT2D eigenvalue weighted by molar-refractivity contribution is -0.121. The molecule has 68 valence electrons. The zero-order chi connectivity index (χ0) is 8.97. The Morgan fingerprint density at radius 1 is 1.75 bits per heavy atom. The van der Waals surface area contributed by atoms with Gasteiger partial charge in [-0.15, -0.1) is 0 Å². The SMILES string of the molecule is COC(=O)O[C@H]1OCC=C[C@@H]1N. The third-order valence-corrected chi connectivity index (χ3v) is 1.41. The highest BCUT2D eigenvalue weighted by atomic mass is 16.8. The second kappa shape index (κ2) is 4.08. The molecular formula is C7H11NO4. The van der Waals surface area contributed by atoms with Gasteiger partial charge in [-0.1, -0.05) is 12.2 Å². The molecule has 0 aromatic carbocycles. The molecule has 1 heterocycles. The third kappa shape index (κ3) is 2.21. The first-order valence-corrected chi connectivity index (χ1v) is 3.52. The highest BCUT2D eigenvalue weighted by molar-refractivity contribution is 5.59. The Hall–Kier alpha value is -1.07. The first-order chi connectivity index (χ1) is 5.74. The van der Waals surface area contributed by atoms with Crippen molar-refractivity contribution in [1.29, 1.82) is 0 Å². The van der Waals surface area contributed by atoms with E-state index in [1.165, 1.54) is 7.11 Å². The van der Waals surface area contributed by atoms with Crippen LogP contribution in [0.4, 0.5) is 4.79 Å². The summed E-state index contributed by atoms with van der Waals surface area (Å²) in [6.45, 7) is 0.398. The number of carbonyl (C=O) groups is 1. The maximum atomic E-state index is 10.6. The van der Waals surface area contributed by atoms with Crippen molar-refractivity contribution in [3.8, 4) is 0 Å². The van der Waals surface area contributed by atoms with E-state index in [-0.39, 0.29) is 0 Å². The van der Waals surface area contributed by atoms with Crippen molar-refractivity contribution in [2.24, 2.45) is 5.73 Å². The van der Waals surface area contributed by atoms with Crippen molar-refractivity contribution >= 4 is 6.16 Å². The molecule has 0 amide bonds. The number of ether oxygens (including phenoxy) is 3. The zero-order valence-corrected chi connectivity index (χ0v) is 6.73. The van der Waals surface area contributed by atoms with Gasteiger partial charge in [0.2, 0.25) is 6.29 Å². The first-order valence-electron chi connectivity index (χ1n) is 3.52. The Morgan fingerprint density at radius 2 is 2.50 bits per heavy atom. The fourth-order valence-corrected chi connectivity index (χ4v) is 0.820. The van der Waals surface area contributed by atoms with Crippen LogP contribution < -0.4 is 5.73 Å². The number of methoxy groups -OCH3 is 1. The van der Waals surface area contributed by atoms with Gasteiger partial charge in [0.15, 0.2) is 0 Å². The maximum absolute atomic E-state index is 10.6. The lowest BCUT2D eigenvalue weighted by atomic mass is 10.2. The monoisotopic (exact) mass is 173 g/mol. The van der Waals surface area contributed by atoms with Crippen LogP contribution in [-0.2, 0) is 14.2 Å². The average Bonchev–Trinajstić information content (AvgIpc) is 2.09. The smallest absolute Gasteiger partial charge is 0.438 e. The number of hydrogen-bond acceptors (Lipinski definition) is 5. The molecule has 5 heteroatoms. The van der Waals surface area contributed by atoms with Gasteiger partial charge in [-0.05, 0) is 0 Å². The Kier molecular flexibility index (Phi) is 3.07. The number of carbonyl (C=O) groups excluding carboxylic acids is 1. The summed E-state index contributed by atoms with van der Waals surface area (Å²) in [6, 6.07) is -0.419. The number of nitrogens with two attached hydrogens (primary N) is 1. The number of rotatable bonds is 1. The van der Waals surface area contributed by atoms with Gasteiger partial charge in [-0.2, -0.15) is 0 Å². The van der Waals surface area contributed by atoms with Crippen LogP contribution in [0.5, 0.6) is 0 Å². The molecule has 2 N–H and O–H groups in total. The molecule has 0 radical (unpaired) electrons. The molecule has 0 bridgehead atoms. The van der Waals surface area contributed by atoms with Crippen molar-refractivity contribution in [3.63, 3.8) is 0 Å². The van der Waals surface area contributed by atoms with Crippen LogP contribution in [0.1, 0.15) is 0 Å². The van der Waals surface area contributed by atoms with Gasteiger partial charge < -0.3 is 19.9 Å². The molecule has 0 aliphatic carbocycles. The third-order valence-electron chi connectivity index (χ3n) is 1.41. The fraction of sp³-hybridized carbons (Fsp3) is 0.571. The molecular weight excluding hydrogens is 162 g/mol. The van der Waals surface area contributed by atoms with E-state index in [1.807, 2.05) is 0 Å². The molecule has 0 unspecified atom stereocenters. The van der Waals surface area contributed by atoms with E-state index in [0.29, 0.717) is 6.61 Å². The maximum Gasteiger partial charge on any atom is 0.510 e. The predicted octanol–water partition coefficient (Wildman–Crippen LogP) is 0.00920. The molecule has 1 aliphatic rings. The van der Waals surface area contributed by atoms with E-state index in [4.69, 9.17) is 15.2 Å². The van der Waals surface area contributed by atoms with E-state index >= 15 is 0 Å². The summed E-state index contributed by atoms with van der Waals surface area (Å²) < 4.78 is 14.0. The molecule has 0 aromatic rings. The van der Waals surface area contributed by atoms with Crippen LogP contribution in [0.2, 0.25) is 0 Å². The summed E-state index contributed by atoms with van der Waals surface area (Å²) in [7, 11) is 1.23. The van der Waals surface area contributed by atoms with Crippen molar-refractivity contribution in [1.82, 2.24) is 0 Å². The van der Waals surface area contributed by atoms with Crippen LogP contribution >= 0.6 is 0 Å². The van der Waals surface area contributed by atoms with E-state index in [0.717, 1.165) is 0 Å². The van der Waals surface area contributed by atoms with Gasteiger partial charge in [0.1, 0.15) is 0 Å². The first kappa shape index (κ1) is 9.02. The minimum atomic E-state index is -0.786. The van der Waals surface area contributed by atoms with Crippen molar-refractivity contribution < 1.29 is 19.0 Å². The summed E-state index contributed by atoms with van der Waals surface area (Å²) in [5.74, 6) is 0. The van der Waals surface area contributed by atoms with Crippen LogP contribution in [0.3, 0.4) is 0 Å². The van der Waals surface area contributed by atoms with Crippen LogP contribution in [0.15, 0.2) is 12.2 Å². The molecule has 2 atom stereocenters. The minimum Gasteiger partial charge on any atom is -0.438 e. The number of hydrogen-bond donors (Lipinski definition) is 1. The van der Waals surface area contributed by atoms with Gasteiger partial charge in [0.05, 0.1) is 19.8 Å². The molecule has 12 heavy (non-hydrogen) atoms. The molecule has 0 spiro atoms. The van der Waals surface area contributed by atoms with Gasteiger partial charge >= 0.3 is 6.16 Å². The Bertz CT molecular complexity index is 192. The summed E-state index contributed by atoms with van der Waals surface area (Å²) in [6.07, 6.45) is 1.96. The quantitative estimate of drug-likeness (QED) is 0.446. The van der Waals surface area contributed by atoms with Gasteiger partial charge in [0.25, 0.3) is 0 Å². The van der Waals surface area contributed by atoms with Crippen LogP contribution in [0, 0.1) is 0 Å². The summed E-state index contributed by atoms with van der Waals surface area (Å²) in [5.41, 5.74) is 5.54. The second-order valence-electron chi connectivity index (χ2n) is 2.28. The van der Waals surface area contributed by atoms with Gasteiger partial charge in [-0.25, -0.2) is 4.79 Å². The lowest BCUT2D eigenvalue weighted by Crippen LogP contribution is -2.40. The molecule has 0 saturated heterocycles. The molecule has 0 saturated carbocycles. The largest absolute Gasteiger partial charge is 0.510 e. The van der Waals surface area contributed by atoms with Crippen molar-refractivity contribution in [3.05, 3.63) is 12.2 Å². The fourth-order valence-electron chi connectivity index (χ4n) is 0.820. The Labute approximate surface area is 70.1 Å². The molecule has 5 nitrogen and oxygen atoms in total. The predicted molar refractivity (Wildman–Crippen MR) is 40.3 cm³/mol. The van der Waals surface area contributed by atoms with Gasteiger partial charge in [-0.3, -0.25) is 0 Å². The van der Waals surface area contributed by atoms with Crippen molar-refractivity contribution in [2.45, 2.75) is 12.3 Å². The summed E-state index contributed by atoms with van der Waals surface area (Å²) in [5, 5.41) is 0. The van der Waals surface area contributed by atoms with E-state index < -0.39 is 18.5 Å². The molecule has 0 aromatic heterocycles. The average molecular weight is 173 g/mol. The Morgan fingerprint density at radius 3 is 3.08 bits per heavy atom. The molecule has 0 fully saturated rings. The van der Waals surface area contributed by atoms with E-state index in [1.54, 1.807) is 12.2 Å².